The summed E-state index contributed by atoms with van der Waals surface area (Å²) < 4.78 is 2.05. The Hall–Kier alpha value is -2.14. The molecule has 126 valence electrons. The fraction of sp³-hybridized carbons (Fsp3) is 0.474. The summed E-state index contributed by atoms with van der Waals surface area (Å²) in [5.74, 6) is 1.32. The van der Waals surface area contributed by atoms with Crippen molar-refractivity contribution >= 4 is 5.91 Å². The van der Waals surface area contributed by atoms with Gasteiger partial charge >= 0.3 is 0 Å². The first-order valence-corrected chi connectivity index (χ1v) is 8.64. The molecule has 2 heterocycles. The number of imidazole rings is 1. The smallest absolute Gasteiger partial charge is 0.233 e. The van der Waals surface area contributed by atoms with E-state index in [1.54, 1.807) is 0 Å². The SMILES string of the molecule is CN1CCN(C(=O)C2(c3ccccc3)CC2)C[C@@H]1c1nccn1C. The number of likely N-dealkylation sites (N-methyl/N-ethyl adjacent to an activating group) is 1. The van der Waals surface area contributed by atoms with Gasteiger partial charge in [0, 0.05) is 39.1 Å². The van der Waals surface area contributed by atoms with Gasteiger partial charge in [0.2, 0.25) is 5.91 Å². The number of carbonyl (C=O) groups excluding carboxylic acids is 1. The largest absolute Gasteiger partial charge is 0.339 e. The predicted octanol–water partition coefficient (Wildman–Crippen LogP) is 1.97. The van der Waals surface area contributed by atoms with Gasteiger partial charge in [-0.25, -0.2) is 4.98 Å². The van der Waals surface area contributed by atoms with Crippen LogP contribution in [0.5, 0.6) is 0 Å². The molecule has 1 aliphatic carbocycles. The minimum atomic E-state index is -0.274. The first-order chi connectivity index (χ1) is 11.6. The normalized spacial score (nSPS) is 23.2. The van der Waals surface area contributed by atoms with E-state index in [4.69, 9.17) is 0 Å². The van der Waals surface area contributed by atoms with Crippen LogP contribution in [0.25, 0.3) is 0 Å². The van der Waals surface area contributed by atoms with Gasteiger partial charge < -0.3 is 9.47 Å². The zero-order valence-electron chi connectivity index (χ0n) is 14.4. The lowest BCUT2D eigenvalue weighted by Gasteiger charge is -2.40. The second-order valence-corrected chi connectivity index (χ2v) is 7.09. The van der Waals surface area contributed by atoms with Gasteiger partial charge in [-0.15, -0.1) is 0 Å². The fourth-order valence-corrected chi connectivity index (χ4v) is 3.85. The molecule has 0 bridgehead atoms. The third-order valence-corrected chi connectivity index (χ3v) is 5.58. The molecular weight excluding hydrogens is 300 g/mol. The molecule has 0 N–H and O–H groups in total. The summed E-state index contributed by atoms with van der Waals surface area (Å²) in [6, 6.07) is 10.4. The van der Waals surface area contributed by atoms with Crippen LogP contribution in [0.1, 0.15) is 30.3 Å². The molecule has 0 spiro atoms. The molecule has 1 aliphatic heterocycles. The topological polar surface area (TPSA) is 41.4 Å². The molecule has 1 amide bonds. The number of aryl methyl sites for hydroxylation is 1. The Morgan fingerprint density at radius 3 is 2.54 bits per heavy atom. The van der Waals surface area contributed by atoms with Crippen LogP contribution >= 0.6 is 0 Å². The molecule has 2 aliphatic rings. The van der Waals surface area contributed by atoms with Crippen LogP contribution in [-0.4, -0.2) is 51.9 Å². The summed E-state index contributed by atoms with van der Waals surface area (Å²) >= 11 is 0. The Balaban J connectivity index is 1.57. The average Bonchev–Trinajstić information content (AvgIpc) is 3.32. The van der Waals surface area contributed by atoms with Crippen LogP contribution in [0.2, 0.25) is 0 Å². The Morgan fingerprint density at radius 2 is 1.92 bits per heavy atom. The van der Waals surface area contributed by atoms with E-state index in [2.05, 4.69) is 38.5 Å². The summed E-state index contributed by atoms with van der Waals surface area (Å²) in [6.45, 7) is 2.40. The zero-order chi connectivity index (χ0) is 16.7. The number of hydrogen-bond donors (Lipinski definition) is 0. The lowest BCUT2D eigenvalue weighted by molar-refractivity contribution is -0.137. The standard InChI is InChI=1S/C19H24N4O/c1-21-12-13-23(14-16(21)17-20-10-11-22(17)2)18(24)19(8-9-19)15-6-4-3-5-7-15/h3-7,10-11,16H,8-9,12-14H2,1-2H3/t16-/m1/s1. The number of piperazine rings is 1. The molecule has 0 unspecified atom stereocenters. The van der Waals surface area contributed by atoms with Crippen LogP contribution in [0.15, 0.2) is 42.7 Å². The summed E-state index contributed by atoms with van der Waals surface area (Å²) in [6.07, 6.45) is 5.73. The second-order valence-electron chi connectivity index (χ2n) is 7.09. The molecule has 5 heteroatoms. The molecule has 2 aromatic rings. The molecule has 1 aromatic carbocycles. The number of aromatic nitrogens is 2. The van der Waals surface area contributed by atoms with Crippen molar-refractivity contribution in [2.24, 2.45) is 7.05 Å². The summed E-state index contributed by atoms with van der Waals surface area (Å²) in [5.41, 5.74) is 0.895. The highest BCUT2D eigenvalue weighted by atomic mass is 16.2. The van der Waals surface area contributed by atoms with E-state index in [1.165, 1.54) is 5.56 Å². The van der Waals surface area contributed by atoms with Gasteiger partial charge in [-0.3, -0.25) is 9.69 Å². The third-order valence-electron chi connectivity index (χ3n) is 5.58. The highest BCUT2D eigenvalue weighted by Crippen LogP contribution is 2.50. The maximum Gasteiger partial charge on any atom is 0.233 e. The molecule has 1 aromatic heterocycles. The monoisotopic (exact) mass is 324 g/mol. The Labute approximate surface area is 142 Å². The van der Waals surface area contributed by atoms with Crippen LogP contribution in [0.4, 0.5) is 0 Å². The maximum absolute atomic E-state index is 13.3. The number of carbonyl (C=O) groups is 1. The minimum absolute atomic E-state index is 0.161. The quantitative estimate of drug-likeness (QED) is 0.867. The van der Waals surface area contributed by atoms with Crippen LogP contribution in [0.3, 0.4) is 0 Å². The van der Waals surface area contributed by atoms with Gasteiger partial charge in [0.1, 0.15) is 5.82 Å². The van der Waals surface area contributed by atoms with Crippen molar-refractivity contribution < 1.29 is 4.79 Å². The number of amides is 1. The highest BCUT2D eigenvalue weighted by Gasteiger charge is 2.53. The van der Waals surface area contributed by atoms with E-state index in [0.29, 0.717) is 5.91 Å². The lowest BCUT2D eigenvalue weighted by Crippen LogP contribution is -2.52. The van der Waals surface area contributed by atoms with Gasteiger partial charge in [0.25, 0.3) is 0 Å². The van der Waals surface area contributed by atoms with E-state index in [1.807, 2.05) is 37.6 Å². The van der Waals surface area contributed by atoms with Crippen molar-refractivity contribution in [3.8, 4) is 0 Å². The van der Waals surface area contributed by atoms with Crippen molar-refractivity contribution in [1.29, 1.82) is 0 Å². The van der Waals surface area contributed by atoms with Crippen molar-refractivity contribution in [3.63, 3.8) is 0 Å². The molecule has 0 radical (unpaired) electrons. The minimum Gasteiger partial charge on any atom is -0.339 e. The first kappa shape index (κ1) is 15.4. The third kappa shape index (κ3) is 2.44. The van der Waals surface area contributed by atoms with E-state index in [0.717, 1.165) is 38.3 Å². The molecule has 24 heavy (non-hydrogen) atoms. The number of hydrogen-bond acceptors (Lipinski definition) is 3. The van der Waals surface area contributed by atoms with Crippen LogP contribution < -0.4 is 0 Å². The maximum atomic E-state index is 13.3. The van der Waals surface area contributed by atoms with Crippen molar-refractivity contribution in [2.45, 2.75) is 24.3 Å². The Kier molecular flexibility index (Phi) is 3.68. The predicted molar refractivity (Wildman–Crippen MR) is 92.5 cm³/mol. The molecule has 1 atom stereocenters. The summed E-state index contributed by atoms with van der Waals surface area (Å²) in [4.78, 5) is 22.1. The summed E-state index contributed by atoms with van der Waals surface area (Å²) in [5, 5.41) is 0. The van der Waals surface area contributed by atoms with Gasteiger partial charge in [0.05, 0.1) is 11.5 Å². The number of nitrogens with zero attached hydrogens (tertiary/aromatic N) is 4. The number of benzene rings is 1. The first-order valence-electron chi connectivity index (χ1n) is 8.64. The second kappa shape index (κ2) is 5.74. The van der Waals surface area contributed by atoms with Gasteiger partial charge in [-0.1, -0.05) is 30.3 Å². The Morgan fingerprint density at radius 1 is 1.17 bits per heavy atom. The van der Waals surface area contributed by atoms with E-state index in [-0.39, 0.29) is 11.5 Å². The summed E-state index contributed by atoms with van der Waals surface area (Å²) in [7, 11) is 4.13. The van der Waals surface area contributed by atoms with Gasteiger partial charge in [0.15, 0.2) is 0 Å². The lowest BCUT2D eigenvalue weighted by atomic mass is 9.93. The number of rotatable bonds is 3. The zero-order valence-corrected chi connectivity index (χ0v) is 14.4. The molecular formula is C19H24N4O. The fourth-order valence-electron chi connectivity index (χ4n) is 3.85. The molecule has 2 fully saturated rings. The Bertz CT molecular complexity index is 735. The molecule has 1 saturated carbocycles. The van der Waals surface area contributed by atoms with Crippen molar-refractivity contribution in [3.05, 3.63) is 54.1 Å². The van der Waals surface area contributed by atoms with E-state index >= 15 is 0 Å². The molecule has 4 rings (SSSR count). The van der Waals surface area contributed by atoms with Crippen molar-refractivity contribution in [2.75, 3.05) is 26.7 Å². The van der Waals surface area contributed by atoms with Crippen molar-refractivity contribution in [1.82, 2.24) is 19.4 Å². The van der Waals surface area contributed by atoms with Crippen LogP contribution in [-0.2, 0) is 17.3 Å². The van der Waals surface area contributed by atoms with Gasteiger partial charge in [-0.05, 0) is 25.5 Å². The van der Waals surface area contributed by atoms with Crippen LogP contribution in [0, 0.1) is 0 Å². The molecule has 1 saturated heterocycles. The molecule has 5 nitrogen and oxygen atoms in total. The average molecular weight is 324 g/mol. The van der Waals surface area contributed by atoms with Gasteiger partial charge in [-0.2, -0.15) is 0 Å². The highest BCUT2D eigenvalue weighted by molar-refractivity contribution is 5.91. The van der Waals surface area contributed by atoms with E-state index < -0.39 is 0 Å². The van der Waals surface area contributed by atoms with E-state index in [9.17, 15) is 4.79 Å².